The van der Waals surface area contributed by atoms with Gasteiger partial charge in [0.15, 0.2) is 18.2 Å². The normalized spacial score (nSPS) is 16.5. The molecule has 114 valence electrons. The summed E-state index contributed by atoms with van der Waals surface area (Å²) >= 11 is 0. The van der Waals surface area contributed by atoms with Gasteiger partial charge in [-0.25, -0.2) is 13.6 Å². The van der Waals surface area contributed by atoms with E-state index in [1.54, 1.807) is 0 Å². The molecule has 1 aliphatic carbocycles. The van der Waals surface area contributed by atoms with E-state index >= 15 is 0 Å². The third kappa shape index (κ3) is 3.48. The molecule has 1 amide bonds. The number of ether oxygens (including phenoxy) is 1. The second-order valence-corrected chi connectivity index (χ2v) is 5.01. The van der Waals surface area contributed by atoms with Crippen molar-refractivity contribution >= 4 is 11.9 Å². The van der Waals surface area contributed by atoms with Crippen molar-refractivity contribution in [2.45, 2.75) is 31.2 Å². The molecule has 0 bridgehead atoms. The Bertz CT molecular complexity index is 556. The molecule has 0 atom stereocenters. The Hall–Kier alpha value is -2.18. The van der Waals surface area contributed by atoms with E-state index in [1.165, 1.54) is 0 Å². The standard InChI is InChI=1S/C14H15F2NO4/c15-9-3-4-11(10(16)7-9)21-8-12(18)17-14(13(19)20)5-1-2-6-14/h3-4,7H,1-2,5-6,8H2,(H,17,18)(H,19,20). The minimum absolute atomic E-state index is 0.262. The Morgan fingerprint density at radius 1 is 1.29 bits per heavy atom. The van der Waals surface area contributed by atoms with Crippen LogP contribution in [0.2, 0.25) is 0 Å². The van der Waals surface area contributed by atoms with Gasteiger partial charge in [0, 0.05) is 6.07 Å². The van der Waals surface area contributed by atoms with E-state index in [0.717, 1.165) is 25.0 Å². The summed E-state index contributed by atoms with van der Waals surface area (Å²) in [5.41, 5.74) is -1.26. The number of aliphatic carboxylic acids is 1. The number of hydrogen-bond donors (Lipinski definition) is 2. The van der Waals surface area contributed by atoms with Crippen molar-refractivity contribution < 1.29 is 28.2 Å². The fourth-order valence-electron chi connectivity index (χ4n) is 2.41. The van der Waals surface area contributed by atoms with E-state index in [0.29, 0.717) is 18.9 Å². The van der Waals surface area contributed by atoms with Gasteiger partial charge in [0.2, 0.25) is 0 Å². The average Bonchev–Trinajstić information content (AvgIpc) is 2.87. The maximum atomic E-state index is 13.3. The van der Waals surface area contributed by atoms with Gasteiger partial charge in [0.05, 0.1) is 0 Å². The van der Waals surface area contributed by atoms with Gasteiger partial charge >= 0.3 is 5.97 Å². The lowest BCUT2D eigenvalue weighted by Gasteiger charge is -2.25. The molecular weight excluding hydrogens is 284 g/mol. The number of nitrogens with one attached hydrogen (secondary N) is 1. The Balaban J connectivity index is 1.94. The highest BCUT2D eigenvalue weighted by Crippen LogP contribution is 2.29. The monoisotopic (exact) mass is 299 g/mol. The predicted molar refractivity (Wildman–Crippen MR) is 68.8 cm³/mol. The number of amides is 1. The minimum Gasteiger partial charge on any atom is -0.481 e. The number of carbonyl (C=O) groups excluding carboxylic acids is 1. The molecule has 0 aromatic heterocycles. The summed E-state index contributed by atoms with van der Waals surface area (Å²) in [7, 11) is 0. The average molecular weight is 299 g/mol. The lowest BCUT2D eigenvalue weighted by Crippen LogP contribution is -2.53. The zero-order valence-corrected chi connectivity index (χ0v) is 11.2. The van der Waals surface area contributed by atoms with E-state index in [1.807, 2.05) is 0 Å². The SMILES string of the molecule is O=C(COc1ccc(F)cc1F)NC1(C(=O)O)CCCC1. The van der Waals surface area contributed by atoms with Gasteiger partial charge in [-0.2, -0.15) is 0 Å². The van der Waals surface area contributed by atoms with E-state index < -0.39 is 35.7 Å². The molecule has 0 heterocycles. The summed E-state index contributed by atoms with van der Waals surface area (Å²) in [6, 6.07) is 2.72. The number of carboxylic acids is 1. The van der Waals surface area contributed by atoms with Crippen LogP contribution >= 0.6 is 0 Å². The van der Waals surface area contributed by atoms with Gasteiger partial charge in [-0.05, 0) is 25.0 Å². The Kier molecular flexibility index (Phi) is 4.40. The molecule has 0 aliphatic heterocycles. The van der Waals surface area contributed by atoms with Crippen LogP contribution in [0.4, 0.5) is 8.78 Å². The number of carbonyl (C=O) groups is 2. The second kappa shape index (κ2) is 6.07. The summed E-state index contributed by atoms with van der Waals surface area (Å²) in [6.45, 7) is -0.530. The number of carboxylic acid groups (broad SMARTS) is 1. The van der Waals surface area contributed by atoms with Crippen molar-refractivity contribution in [3.05, 3.63) is 29.8 Å². The van der Waals surface area contributed by atoms with Crippen LogP contribution < -0.4 is 10.1 Å². The van der Waals surface area contributed by atoms with Crippen molar-refractivity contribution in [3.63, 3.8) is 0 Å². The van der Waals surface area contributed by atoms with Gasteiger partial charge < -0.3 is 15.2 Å². The molecule has 1 aliphatic rings. The molecule has 1 saturated carbocycles. The third-order valence-electron chi connectivity index (χ3n) is 3.50. The first-order chi connectivity index (χ1) is 9.93. The highest BCUT2D eigenvalue weighted by molar-refractivity contribution is 5.87. The van der Waals surface area contributed by atoms with Gasteiger partial charge in [0.1, 0.15) is 11.4 Å². The largest absolute Gasteiger partial charge is 0.481 e. The third-order valence-corrected chi connectivity index (χ3v) is 3.50. The van der Waals surface area contributed by atoms with E-state index in [9.17, 15) is 23.5 Å². The topological polar surface area (TPSA) is 75.6 Å². The van der Waals surface area contributed by atoms with Crippen LogP contribution in [-0.4, -0.2) is 29.1 Å². The van der Waals surface area contributed by atoms with E-state index in [-0.39, 0.29) is 5.75 Å². The van der Waals surface area contributed by atoms with Crippen LogP contribution in [0.3, 0.4) is 0 Å². The number of halogens is 2. The fraction of sp³-hybridized carbons (Fsp3) is 0.429. The Morgan fingerprint density at radius 2 is 1.95 bits per heavy atom. The molecule has 1 fully saturated rings. The predicted octanol–water partition coefficient (Wildman–Crippen LogP) is 1.86. The van der Waals surface area contributed by atoms with Crippen LogP contribution in [0, 0.1) is 11.6 Å². The van der Waals surface area contributed by atoms with E-state index in [2.05, 4.69) is 5.32 Å². The molecule has 0 spiro atoms. The lowest BCUT2D eigenvalue weighted by molar-refractivity contribution is -0.147. The molecular formula is C14H15F2NO4. The van der Waals surface area contributed by atoms with Gasteiger partial charge in [-0.15, -0.1) is 0 Å². The van der Waals surface area contributed by atoms with Crippen LogP contribution in [0.5, 0.6) is 5.75 Å². The van der Waals surface area contributed by atoms with Crippen LogP contribution in [0.25, 0.3) is 0 Å². The van der Waals surface area contributed by atoms with E-state index in [4.69, 9.17) is 4.74 Å². The first-order valence-electron chi connectivity index (χ1n) is 6.55. The number of rotatable bonds is 5. The Morgan fingerprint density at radius 3 is 2.52 bits per heavy atom. The zero-order chi connectivity index (χ0) is 15.5. The summed E-state index contributed by atoms with van der Waals surface area (Å²) < 4.78 is 31.0. The first-order valence-corrected chi connectivity index (χ1v) is 6.55. The fourth-order valence-corrected chi connectivity index (χ4v) is 2.41. The quantitative estimate of drug-likeness (QED) is 0.870. The van der Waals surface area contributed by atoms with Crippen molar-refractivity contribution in [3.8, 4) is 5.75 Å². The summed E-state index contributed by atoms with van der Waals surface area (Å²) in [5.74, 6) is -3.66. The summed E-state index contributed by atoms with van der Waals surface area (Å²) in [6.07, 6.45) is 2.16. The molecule has 1 aromatic carbocycles. The van der Waals surface area contributed by atoms with Gasteiger partial charge in [-0.1, -0.05) is 12.8 Å². The minimum atomic E-state index is -1.26. The summed E-state index contributed by atoms with van der Waals surface area (Å²) in [4.78, 5) is 23.0. The molecule has 1 aromatic rings. The first kappa shape index (κ1) is 15.2. The maximum Gasteiger partial charge on any atom is 0.329 e. The highest BCUT2D eigenvalue weighted by Gasteiger charge is 2.42. The van der Waals surface area contributed by atoms with Crippen molar-refractivity contribution in [1.82, 2.24) is 5.32 Å². The van der Waals surface area contributed by atoms with Crippen LogP contribution in [0.15, 0.2) is 18.2 Å². The van der Waals surface area contributed by atoms with Gasteiger partial charge in [-0.3, -0.25) is 4.79 Å². The zero-order valence-electron chi connectivity index (χ0n) is 11.2. The molecule has 2 rings (SSSR count). The highest BCUT2D eigenvalue weighted by atomic mass is 19.1. The molecule has 5 nitrogen and oxygen atoms in total. The molecule has 7 heteroatoms. The van der Waals surface area contributed by atoms with Crippen molar-refractivity contribution in [2.75, 3.05) is 6.61 Å². The molecule has 0 saturated heterocycles. The number of benzene rings is 1. The molecule has 0 radical (unpaired) electrons. The maximum absolute atomic E-state index is 13.3. The lowest BCUT2D eigenvalue weighted by atomic mass is 9.98. The molecule has 0 unspecified atom stereocenters. The molecule has 21 heavy (non-hydrogen) atoms. The number of hydrogen-bond acceptors (Lipinski definition) is 3. The van der Waals surface area contributed by atoms with Crippen LogP contribution in [0.1, 0.15) is 25.7 Å². The van der Waals surface area contributed by atoms with Crippen molar-refractivity contribution in [1.29, 1.82) is 0 Å². The second-order valence-electron chi connectivity index (χ2n) is 5.01. The Labute approximate surface area is 119 Å². The smallest absolute Gasteiger partial charge is 0.329 e. The van der Waals surface area contributed by atoms with Crippen molar-refractivity contribution in [2.24, 2.45) is 0 Å². The molecule has 2 N–H and O–H groups in total. The van der Waals surface area contributed by atoms with Gasteiger partial charge in [0.25, 0.3) is 5.91 Å². The van der Waals surface area contributed by atoms with Crippen LogP contribution in [-0.2, 0) is 9.59 Å². The summed E-state index contributed by atoms with van der Waals surface area (Å²) in [5, 5.41) is 11.6.